The monoisotopic (exact) mass is 697 g/mol. The number of hydrogen-bond acceptors (Lipinski definition) is 9. The van der Waals surface area contributed by atoms with Crippen LogP contribution in [-0.2, 0) is 42.2 Å². The molecule has 3 aromatic rings. The molecular formula is C34H43N5O9S. The molecule has 14 nitrogen and oxygen atoms in total. The average Bonchev–Trinajstić information content (AvgIpc) is 3.10. The van der Waals surface area contributed by atoms with Crippen LogP contribution in [0.4, 0.5) is 5.69 Å². The lowest BCUT2D eigenvalue weighted by Gasteiger charge is -2.21. The number of nitrogens with one attached hydrogen (secondary N) is 4. The van der Waals surface area contributed by atoms with E-state index in [-0.39, 0.29) is 62.6 Å². The molecule has 3 aromatic carbocycles. The van der Waals surface area contributed by atoms with Crippen molar-refractivity contribution in [2.24, 2.45) is 0 Å². The molecule has 0 radical (unpaired) electrons. The number of hydrogen-bond donors (Lipinski definition) is 5. The van der Waals surface area contributed by atoms with Gasteiger partial charge in [0.25, 0.3) is 11.8 Å². The van der Waals surface area contributed by atoms with Crippen molar-refractivity contribution in [3.8, 4) is 0 Å². The predicted molar refractivity (Wildman–Crippen MR) is 183 cm³/mol. The van der Waals surface area contributed by atoms with Crippen LogP contribution < -0.4 is 25.6 Å². The Morgan fingerprint density at radius 3 is 1.90 bits per heavy atom. The first-order chi connectivity index (χ1) is 23.4. The molecule has 15 heteroatoms. The fourth-order valence-electron chi connectivity index (χ4n) is 4.43. The summed E-state index contributed by atoms with van der Waals surface area (Å²) in [5, 5.41) is 21.3. The van der Waals surface area contributed by atoms with Crippen LogP contribution in [0.1, 0.15) is 38.3 Å². The average molecular weight is 698 g/mol. The largest absolute Gasteiger partial charge is 0.391 e. The van der Waals surface area contributed by atoms with Crippen LogP contribution in [0.2, 0.25) is 0 Å². The zero-order valence-electron chi connectivity index (χ0n) is 27.7. The number of aliphatic hydroxyl groups is 1. The molecule has 0 spiro atoms. The number of sulfonamides is 1. The lowest BCUT2D eigenvalue weighted by atomic mass is 10.1. The van der Waals surface area contributed by atoms with Crippen molar-refractivity contribution in [1.82, 2.24) is 21.3 Å². The van der Waals surface area contributed by atoms with Crippen molar-refractivity contribution in [3.63, 3.8) is 0 Å². The Morgan fingerprint density at radius 2 is 1.35 bits per heavy atom. The lowest BCUT2D eigenvalue weighted by Crippen LogP contribution is -2.45. The van der Waals surface area contributed by atoms with Gasteiger partial charge in [-0.3, -0.25) is 23.5 Å². The maximum absolute atomic E-state index is 13.2. The third-order valence-electron chi connectivity index (χ3n) is 7.24. The van der Waals surface area contributed by atoms with E-state index in [0.717, 1.165) is 21.7 Å². The van der Waals surface area contributed by atoms with Gasteiger partial charge >= 0.3 is 0 Å². The molecule has 264 valence electrons. The van der Waals surface area contributed by atoms with Crippen LogP contribution >= 0.6 is 0 Å². The molecule has 0 saturated heterocycles. The summed E-state index contributed by atoms with van der Waals surface area (Å²) in [6, 6.07) is 22.4. The molecule has 0 aliphatic heterocycles. The Morgan fingerprint density at radius 1 is 0.796 bits per heavy atom. The highest BCUT2D eigenvalue weighted by Gasteiger charge is 2.25. The van der Waals surface area contributed by atoms with Gasteiger partial charge in [-0.25, -0.2) is 8.42 Å². The van der Waals surface area contributed by atoms with Gasteiger partial charge in [0.05, 0.1) is 37.8 Å². The molecule has 0 saturated carbocycles. The number of carbonyl (C=O) groups is 4. The summed E-state index contributed by atoms with van der Waals surface area (Å²) < 4.78 is 36.0. The molecule has 0 bridgehead atoms. The smallest absolute Gasteiger partial charge is 0.251 e. The summed E-state index contributed by atoms with van der Waals surface area (Å²) in [5.74, 6) is -2.29. The Bertz CT molecular complexity index is 1660. The van der Waals surface area contributed by atoms with E-state index < -0.39 is 45.9 Å². The minimum atomic E-state index is -3.74. The number of amides is 4. The minimum Gasteiger partial charge on any atom is -0.391 e. The van der Waals surface area contributed by atoms with Crippen molar-refractivity contribution in [3.05, 3.63) is 101 Å². The topological polar surface area (TPSA) is 192 Å². The first-order valence-corrected chi connectivity index (χ1v) is 17.3. The number of rotatable bonds is 19. The first kappa shape index (κ1) is 38.6. The number of aliphatic hydroxyl groups excluding tert-OH is 1. The van der Waals surface area contributed by atoms with E-state index >= 15 is 0 Å². The summed E-state index contributed by atoms with van der Waals surface area (Å²) in [4.78, 5) is 51.4. The number of carbonyl (C=O) groups excluding carboxylic acids is 4. The molecule has 2 atom stereocenters. The van der Waals surface area contributed by atoms with Gasteiger partial charge < -0.3 is 35.8 Å². The van der Waals surface area contributed by atoms with Crippen molar-refractivity contribution in [1.29, 1.82) is 0 Å². The van der Waals surface area contributed by atoms with Gasteiger partial charge in [0.1, 0.15) is 6.10 Å². The van der Waals surface area contributed by atoms with Gasteiger partial charge in [0.2, 0.25) is 21.8 Å². The number of ether oxygens (including phenoxy) is 2. The fourth-order valence-corrected chi connectivity index (χ4v) is 4.92. The van der Waals surface area contributed by atoms with Gasteiger partial charge in [-0.15, -0.1) is 0 Å². The molecule has 5 N–H and O–H groups in total. The van der Waals surface area contributed by atoms with E-state index in [1.165, 1.54) is 32.4 Å². The number of benzene rings is 3. The third kappa shape index (κ3) is 13.3. The van der Waals surface area contributed by atoms with Crippen molar-refractivity contribution < 1.29 is 42.2 Å². The van der Waals surface area contributed by atoms with Gasteiger partial charge in [-0.05, 0) is 29.3 Å². The maximum Gasteiger partial charge on any atom is 0.251 e. The summed E-state index contributed by atoms with van der Waals surface area (Å²) in [7, 11) is -0.981. The molecule has 4 amide bonds. The molecule has 3 rings (SSSR count). The van der Waals surface area contributed by atoms with E-state index in [1.54, 1.807) is 0 Å². The van der Waals surface area contributed by atoms with E-state index in [2.05, 4.69) is 21.3 Å². The van der Waals surface area contributed by atoms with Gasteiger partial charge in [-0.2, -0.15) is 0 Å². The molecule has 0 fully saturated rings. The summed E-state index contributed by atoms with van der Waals surface area (Å²) in [6.45, 7) is 0.0725. The van der Waals surface area contributed by atoms with Crippen LogP contribution in [0.3, 0.4) is 0 Å². The SMILES string of the molecule is COCCO[C@H](C[C@H](O)CNC(=O)c1cc(C(=O)NCc2ccccc2)cc(N(C)S(C)(=O)=O)c1)C(=O)NCC(=O)NCc1ccccc1. The second-order valence-electron chi connectivity index (χ2n) is 11.1. The standard InChI is InChI=1S/C34H43N5O9S/c1-39(49(3,45)46)28-17-26(32(42)36-21-25-12-8-5-9-13-25)16-27(18-28)33(43)37-22-29(40)19-30(48-15-14-47-2)34(44)38-23-31(41)35-20-24-10-6-4-7-11-24/h4-13,16-18,29-30,40H,14-15,19-23H2,1-3H3,(H,35,41)(H,36,42)(H,37,43)(H,38,44)/t29-,30+/m0/s1. The highest BCUT2D eigenvalue weighted by Crippen LogP contribution is 2.21. The third-order valence-corrected chi connectivity index (χ3v) is 8.44. The molecule has 0 aliphatic carbocycles. The zero-order valence-corrected chi connectivity index (χ0v) is 28.5. The number of methoxy groups -OCH3 is 1. The van der Waals surface area contributed by atoms with E-state index in [1.807, 2.05) is 60.7 Å². The van der Waals surface area contributed by atoms with E-state index in [0.29, 0.717) is 0 Å². The molecule has 0 unspecified atom stereocenters. The Labute approximate surface area is 286 Å². The quantitative estimate of drug-likeness (QED) is 0.114. The van der Waals surface area contributed by atoms with Crippen LogP contribution in [0, 0.1) is 0 Å². The second kappa shape index (κ2) is 19.2. The Balaban J connectivity index is 1.63. The summed E-state index contributed by atoms with van der Waals surface area (Å²) >= 11 is 0. The Hall–Kier alpha value is -4.83. The zero-order chi connectivity index (χ0) is 35.8. The molecule has 0 aliphatic rings. The first-order valence-electron chi connectivity index (χ1n) is 15.4. The van der Waals surface area contributed by atoms with E-state index in [9.17, 15) is 32.7 Å². The van der Waals surface area contributed by atoms with Crippen LogP contribution in [0.15, 0.2) is 78.9 Å². The lowest BCUT2D eigenvalue weighted by molar-refractivity contribution is -0.137. The van der Waals surface area contributed by atoms with Gasteiger partial charge in [0.15, 0.2) is 0 Å². The van der Waals surface area contributed by atoms with Crippen molar-refractivity contribution in [2.75, 3.05) is 51.0 Å². The van der Waals surface area contributed by atoms with Gasteiger partial charge in [-0.1, -0.05) is 60.7 Å². The van der Waals surface area contributed by atoms with Crippen LogP contribution in [-0.4, -0.2) is 96.1 Å². The normalized spacial score (nSPS) is 12.3. The van der Waals surface area contributed by atoms with Crippen LogP contribution in [0.5, 0.6) is 0 Å². The number of anilines is 1. The maximum atomic E-state index is 13.2. The number of nitrogens with zero attached hydrogens (tertiary/aromatic N) is 1. The molecule has 0 aromatic heterocycles. The summed E-state index contributed by atoms with van der Waals surface area (Å²) in [5.41, 5.74) is 1.83. The van der Waals surface area contributed by atoms with E-state index in [4.69, 9.17) is 9.47 Å². The second-order valence-corrected chi connectivity index (χ2v) is 13.1. The predicted octanol–water partition coefficient (Wildman–Crippen LogP) is 0.957. The fraction of sp³-hybridized carbons (Fsp3) is 0.353. The highest BCUT2D eigenvalue weighted by molar-refractivity contribution is 7.92. The molecule has 0 heterocycles. The van der Waals surface area contributed by atoms with Crippen molar-refractivity contribution in [2.45, 2.75) is 31.7 Å². The Kier molecular flexibility index (Phi) is 15.2. The summed E-state index contributed by atoms with van der Waals surface area (Å²) in [6.07, 6.45) is -1.67. The van der Waals surface area contributed by atoms with Gasteiger partial charge in [0, 0.05) is 51.3 Å². The highest BCUT2D eigenvalue weighted by atomic mass is 32.2. The van der Waals surface area contributed by atoms with Crippen LogP contribution in [0.25, 0.3) is 0 Å². The molecular weight excluding hydrogens is 654 g/mol. The molecule has 49 heavy (non-hydrogen) atoms. The van der Waals surface area contributed by atoms with Crippen molar-refractivity contribution >= 4 is 39.3 Å². The minimum absolute atomic E-state index is 0.0304.